The Morgan fingerprint density at radius 1 is 1.48 bits per heavy atom. The van der Waals surface area contributed by atoms with Gasteiger partial charge >= 0.3 is 13.1 Å². The number of fused-ring (bicyclic) bond motifs is 1. The van der Waals surface area contributed by atoms with E-state index in [9.17, 15) is 14.6 Å². The Morgan fingerprint density at radius 3 is 2.81 bits per heavy atom. The molecule has 112 valence electrons. The van der Waals surface area contributed by atoms with Gasteiger partial charge in [-0.05, 0) is 24.0 Å². The molecule has 0 fully saturated rings. The molecule has 6 nitrogen and oxygen atoms in total. The van der Waals surface area contributed by atoms with E-state index in [2.05, 4.69) is 5.32 Å². The Balaban J connectivity index is 2.16. The van der Waals surface area contributed by atoms with Gasteiger partial charge < -0.3 is 20.1 Å². The predicted octanol–water partition coefficient (Wildman–Crippen LogP) is 0.870. The van der Waals surface area contributed by atoms with Crippen LogP contribution in [-0.4, -0.2) is 35.1 Å². The summed E-state index contributed by atoms with van der Waals surface area (Å²) < 4.78 is 5.30. The van der Waals surface area contributed by atoms with E-state index >= 15 is 0 Å². The summed E-state index contributed by atoms with van der Waals surface area (Å²) in [5.74, 6) is -1.45. The third-order valence-electron chi connectivity index (χ3n) is 3.29. The van der Waals surface area contributed by atoms with Gasteiger partial charge in [-0.3, -0.25) is 4.79 Å². The third kappa shape index (κ3) is 3.55. The van der Waals surface area contributed by atoms with Gasteiger partial charge in [0.2, 0.25) is 5.91 Å². The minimum Gasteiger partial charge on any atom is -0.534 e. The van der Waals surface area contributed by atoms with Crippen molar-refractivity contribution in [2.45, 2.75) is 32.6 Å². The summed E-state index contributed by atoms with van der Waals surface area (Å²) in [5.41, 5.74) is 0.675. The van der Waals surface area contributed by atoms with E-state index in [1.807, 2.05) is 13.8 Å². The van der Waals surface area contributed by atoms with Crippen molar-refractivity contribution < 1.29 is 24.4 Å². The largest absolute Gasteiger partial charge is 0.547 e. The van der Waals surface area contributed by atoms with Crippen LogP contribution in [0.15, 0.2) is 18.2 Å². The summed E-state index contributed by atoms with van der Waals surface area (Å²) in [7, 11) is -1.26. The minimum absolute atomic E-state index is 0.0125. The molecule has 0 saturated carbocycles. The van der Waals surface area contributed by atoms with Gasteiger partial charge in [0.25, 0.3) is 0 Å². The Morgan fingerprint density at radius 2 is 2.19 bits per heavy atom. The number of para-hydroxylation sites is 1. The van der Waals surface area contributed by atoms with Crippen molar-refractivity contribution in [3.8, 4) is 5.75 Å². The van der Waals surface area contributed by atoms with Gasteiger partial charge in [-0.2, -0.15) is 0 Å². The summed E-state index contributed by atoms with van der Waals surface area (Å²) in [6.45, 7) is 3.86. The summed E-state index contributed by atoms with van der Waals surface area (Å²) in [5, 5.41) is 21.8. The highest BCUT2D eigenvalue weighted by atomic mass is 16.5. The van der Waals surface area contributed by atoms with Gasteiger partial charge in [0, 0.05) is 6.42 Å². The molecule has 2 rings (SSSR count). The first-order valence-corrected chi connectivity index (χ1v) is 6.87. The highest BCUT2D eigenvalue weighted by Gasteiger charge is 2.37. The van der Waals surface area contributed by atoms with Crippen molar-refractivity contribution in [2.24, 2.45) is 5.92 Å². The van der Waals surface area contributed by atoms with Gasteiger partial charge in [0.15, 0.2) is 0 Å². The predicted molar refractivity (Wildman–Crippen MR) is 77.1 cm³/mol. The first kappa shape index (κ1) is 15.4. The van der Waals surface area contributed by atoms with Gasteiger partial charge in [-0.25, -0.2) is 4.79 Å². The fraction of sp³-hybridized carbons (Fsp3) is 0.429. The van der Waals surface area contributed by atoms with E-state index in [-0.39, 0.29) is 23.1 Å². The van der Waals surface area contributed by atoms with Crippen molar-refractivity contribution >= 4 is 19.0 Å². The molecule has 0 bridgehead atoms. The van der Waals surface area contributed by atoms with E-state index in [1.165, 1.54) is 6.07 Å². The molecule has 0 aromatic heterocycles. The quantitative estimate of drug-likeness (QED) is 0.715. The van der Waals surface area contributed by atoms with Crippen LogP contribution in [-0.2, 0) is 11.2 Å². The molecule has 1 atom stereocenters. The average Bonchev–Trinajstić information content (AvgIpc) is 2.37. The zero-order chi connectivity index (χ0) is 15.6. The van der Waals surface area contributed by atoms with Crippen molar-refractivity contribution in [3.05, 3.63) is 29.3 Å². The maximum absolute atomic E-state index is 11.8. The van der Waals surface area contributed by atoms with Crippen LogP contribution in [0.4, 0.5) is 0 Å². The summed E-state index contributed by atoms with van der Waals surface area (Å²) >= 11 is 0. The molecule has 0 radical (unpaired) electrons. The maximum Gasteiger partial charge on any atom is 0.547 e. The number of benzene rings is 1. The lowest BCUT2D eigenvalue weighted by atomic mass is 9.72. The SMILES string of the molecule is CC(C)CC(=O)N[C@H]1Cc2cccc(C(=O)O)c2OB1O. The van der Waals surface area contributed by atoms with Crippen LogP contribution in [0.3, 0.4) is 0 Å². The fourth-order valence-corrected chi connectivity index (χ4v) is 2.35. The molecule has 1 aromatic rings. The number of carboxylic acids is 1. The Hall–Kier alpha value is -2.02. The van der Waals surface area contributed by atoms with Crippen LogP contribution in [0.1, 0.15) is 36.2 Å². The second-order valence-electron chi connectivity index (χ2n) is 5.58. The smallest absolute Gasteiger partial charge is 0.534 e. The fourth-order valence-electron chi connectivity index (χ4n) is 2.35. The van der Waals surface area contributed by atoms with Crippen molar-refractivity contribution in [1.29, 1.82) is 0 Å². The topological polar surface area (TPSA) is 95.9 Å². The van der Waals surface area contributed by atoms with Gasteiger partial charge in [0.1, 0.15) is 5.75 Å². The second kappa shape index (κ2) is 6.18. The molecule has 1 heterocycles. The number of carboxylic acid groups (broad SMARTS) is 1. The molecule has 21 heavy (non-hydrogen) atoms. The van der Waals surface area contributed by atoms with Crippen LogP contribution in [0, 0.1) is 5.92 Å². The molecule has 0 saturated heterocycles. The van der Waals surface area contributed by atoms with E-state index < -0.39 is 19.0 Å². The first-order chi connectivity index (χ1) is 9.88. The molecule has 3 N–H and O–H groups in total. The molecular weight excluding hydrogens is 273 g/mol. The lowest BCUT2D eigenvalue weighted by molar-refractivity contribution is -0.122. The number of rotatable bonds is 4. The molecule has 7 heteroatoms. The lowest BCUT2D eigenvalue weighted by Gasteiger charge is -2.29. The zero-order valence-corrected chi connectivity index (χ0v) is 12.0. The molecular formula is C14H18BNO5. The van der Waals surface area contributed by atoms with E-state index in [1.54, 1.807) is 12.1 Å². The zero-order valence-electron chi connectivity index (χ0n) is 12.0. The Bertz CT molecular complexity index is 560. The maximum atomic E-state index is 11.8. The average molecular weight is 291 g/mol. The molecule has 1 aliphatic heterocycles. The number of amides is 1. The van der Waals surface area contributed by atoms with Crippen molar-refractivity contribution in [2.75, 3.05) is 0 Å². The second-order valence-corrected chi connectivity index (χ2v) is 5.58. The lowest BCUT2D eigenvalue weighted by Crippen LogP contribution is -2.53. The summed E-state index contributed by atoms with van der Waals surface area (Å²) in [6, 6.07) is 4.77. The van der Waals surface area contributed by atoms with Crippen LogP contribution >= 0.6 is 0 Å². The first-order valence-electron chi connectivity index (χ1n) is 6.87. The highest BCUT2D eigenvalue weighted by Crippen LogP contribution is 2.30. The number of hydrogen-bond acceptors (Lipinski definition) is 4. The molecule has 1 aliphatic rings. The molecule has 0 spiro atoms. The number of aromatic carboxylic acids is 1. The van der Waals surface area contributed by atoms with Crippen LogP contribution in [0.25, 0.3) is 0 Å². The summed E-state index contributed by atoms with van der Waals surface area (Å²) in [6.07, 6.45) is 0.701. The Kier molecular flexibility index (Phi) is 4.52. The van der Waals surface area contributed by atoms with Crippen molar-refractivity contribution in [3.63, 3.8) is 0 Å². The number of hydrogen-bond donors (Lipinski definition) is 3. The minimum atomic E-state index is -1.26. The van der Waals surface area contributed by atoms with Gasteiger partial charge in [-0.1, -0.05) is 26.0 Å². The summed E-state index contributed by atoms with van der Waals surface area (Å²) in [4.78, 5) is 22.9. The highest BCUT2D eigenvalue weighted by molar-refractivity contribution is 6.47. The molecule has 1 amide bonds. The van der Waals surface area contributed by atoms with E-state index in [4.69, 9.17) is 9.76 Å². The van der Waals surface area contributed by atoms with Crippen LogP contribution < -0.4 is 9.97 Å². The molecule has 1 aromatic carbocycles. The van der Waals surface area contributed by atoms with Gasteiger partial charge in [-0.15, -0.1) is 0 Å². The normalized spacial score (nSPS) is 17.1. The standard InChI is InChI=1S/C14H18BNO5/c1-8(2)6-12(17)16-11-7-9-4-3-5-10(14(18)19)13(9)21-15(11)20/h3-5,8,11,20H,6-7H2,1-2H3,(H,16,17)(H,18,19)/t11-/m0/s1. The molecule has 0 unspecified atom stereocenters. The molecule has 0 aliphatic carbocycles. The van der Waals surface area contributed by atoms with E-state index in [0.29, 0.717) is 18.4 Å². The van der Waals surface area contributed by atoms with Crippen molar-refractivity contribution in [1.82, 2.24) is 5.32 Å². The van der Waals surface area contributed by atoms with Crippen LogP contribution in [0.2, 0.25) is 0 Å². The number of carbonyl (C=O) groups is 2. The van der Waals surface area contributed by atoms with E-state index in [0.717, 1.165) is 0 Å². The third-order valence-corrected chi connectivity index (χ3v) is 3.29. The monoisotopic (exact) mass is 291 g/mol. The van der Waals surface area contributed by atoms with Gasteiger partial charge in [0.05, 0.1) is 11.5 Å². The Labute approximate surface area is 123 Å². The number of carbonyl (C=O) groups excluding carboxylic acids is 1. The number of nitrogens with one attached hydrogen (secondary N) is 1. The van der Waals surface area contributed by atoms with Crippen LogP contribution in [0.5, 0.6) is 5.75 Å².